The van der Waals surface area contributed by atoms with E-state index in [2.05, 4.69) is 33.0 Å². The molecule has 0 radical (unpaired) electrons. The summed E-state index contributed by atoms with van der Waals surface area (Å²) in [5.41, 5.74) is 8.40. The zero-order chi connectivity index (χ0) is 18.8. The van der Waals surface area contributed by atoms with E-state index in [1.54, 1.807) is 0 Å². The molecule has 2 aliphatic heterocycles. The van der Waals surface area contributed by atoms with E-state index in [0.717, 1.165) is 31.1 Å². The summed E-state index contributed by atoms with van der Waals surface area (Å²) in [5.74, 6) is -0.332. The highest BCUT2D eigenvalue weighted by molar-refractivity contribution is 6.02. The number of nitrogens with zero attached hydrogens (tertiary/aromatic N) is 3. The van der Waals surface area contributed by atoms with Crippen LogP contribution < -0.4 is 16.0 Å². The third-order valence-corrected chi connectivity index (χ3v) is 6.54. The van der Waals surface area contributed by atoms with E-state index >= 15 is 0 Å². The molecule has 3 aliphatic rings. The summed E-state index contributed by atoms with van der Waals surface area (Å²) in [6.07, 6.45) is 6.25. The second kappa shape index (κ2) is 8.07. The second-order valence-corrected chi connectivity index (χ2v) is 8.17. The van der Waals surface area contributed by atoms with Gasteiger partial charge in [0.05, 0.1) is 23.6 Å². The smallest absolute Gasteiger partial charge is 0.250 e. The van der Waals surface area contributed by atoms with Crippen molar-refractivity contribution in [1.82, 2.24) is 9.80 Å². The Labute approximate surface area is 162 Å². The summed E-state index contributed by atoms with van der Waals surface area (Å²) in [6, 6.07) is 6.86. The zero-order valence-electron chi connectivity index (χ0n) is 16.5. The van der Waals surface area contributed by atoms with E-state index in [1.165, 1.54) is 51.7 Å². The van der Waals surface area contributed by atoms with Crippen molar-refractivity contribution in [3.8, 4) is 0 Å². The molecule has 0 aromatic heterocycles. The number of nitrogens with two attached hydrogens (primary N) is 1. The lowest BCUT2D eigenvalue weighted by Crippen LogP contribution is -2.58. The molecule has 148 valence electrons. The van der Waals surface area contributed by atoms with Gasteiger partial charge >= 0.3 is 0 Å². The lowest BCUT2D eigenvalue weighted by molar-refractivity contribution is 0.0680. The molecule has 6 heteroatoms. The van der Waals surface area contributed by atoms with Gasteiger partial charge in [-0.2, -0.15) is 0 Å². The molecule has 1 saturated carbocycles. The van der Waals surface area contributed by atoms with Gasteiger partial charge in [-0.25, -0.2) is 0 Å². The molecule has 1 amide bonds. The molecule has 2 heterocycles. The molecule has 2 unspecified atom stereocenters. The number of nitrogens with one attached hydrogen (secondary N) is 1. The van der Waals surface area contributed by atoms with Crippen LogP contribution in [0.3, 0.4) is 0 Å². The quantitative estimate of drug-likeness (QED) is 0.832. The van der Waals surface area contributed by atoms with Crippen molar-refractivity contribution >= 4 is 17.3 Å². The number of piperazine rings is 1. The first kappa shape index (κ1) is 18.6. The molecule has 1 saturated heterocycles. The minimum absolute atomic E-state index is 0.332. The number of hydrogen-bond acceptors (Lipinski definition) is 5. The molecule has 27 heavy (non-hydrogen) atoms. The van der Waals surface area contributed by atoms with Crippen LogP contribution in [0.2, 0.25) is 0 Å². The van der Waals surface area contributed by atoms with Crippen LogP contribution in [0.25, 0.3) is 0 Å². The summed E-state index contributed by atoms with van der Waals surface area (Å²) in [7, 11) is 0. The first-order valence-electron chi connectivity index (χ1n) is 10.6. The predicted octanol–water partition coefficient (Wildman–Crippen LogP) is 2.31. The molecule has 0 spiro atoms. The number of hydrogen-bond donors (Lipinski definition) is 2. The number of amides is 1. The summed E-state index contributed by atoms with van der Waals surface area (Å²) in [6.45, 7) is 8.93. The maximum Gasteiger partial charge on any atom is 0.250 e. The Morgan fingerprint density at radius 2 is 1.89 bits per heavy atom. The molecular formula is C21H33N5O. The lowest BCUT2D eigenvalue weighted by Gasteiger charge is -2.47. The fourth-order valence-electron chi connectivity index (χ4n) is 5.24. The minimum atomic E-state index is -0.332. The van der Waals surface area contributed by atoms with E-state index in [4.69, 9.17) is 5.73 Å². The van der Waals surface area contributed by atoms with Gasteiger partial charge in [-0.3, -0.25) is 9.69 Å². The van der Waals surface area contributed by atoms with Gasteiger partial charge in [-0.15, -0.1) is 0 Å². The average molecular weight is 372 g/mol. The monoisotopic (exact) mass is 371 g/mol. The topological polar surface area (TPSA) is 64.8 Å². The molecular weight excluding hydrogens is 338 g/mol. The average Bonchev–Trinajstić information content (AvgIpc) is 3.13. The van der Waals surface area contributed by atoms with Crippen LogP contribution in [0.4, 0.5) is 11.4 Å². The first-order valence-corrected chi connectivity index (χ1v) is 10.6. The van der Waals surface area contributed by atoms with Gasteiger partial charge in [-0.05, 0) is 37.9 Å². The summed E-state index contributed by atoms with van der Waals surface area (Å²) >= 11 is 0. The van der Waals surface area contributed by atoms with Gasteiger partial charge < -0.3 is 20.9 Å². The molecule has 4 rings (SSSR count). The van der Waals surface area contributed by atoms with E-state index in [1.807, 2.05) is 12.1 Å². The van der Waals surface area contributed by atoms with E-state index < -0.39 is 0 Å². The molecule has 2 fully saturated rings. The molecule has 1 aromatic rings. The SMILES string of the molecule is CCCN1CCN(C2CCCCC2N2CNc3cccc(C(N)=O)c32)CC1. The third-order valence-electron chi connectivity index (χ3n) is 6.54. The van der Waals surface area contributed by atoms with Crippen LogP contribution in [0.15, 0.2) is 18.2 Å². The van der Waals surface area contributed by atoms with Gasteiger partial charge in [-0.1, -0.05) is 25.8 Å². The number of primary amides is 1. The highest BCUT2D eigenvalue weighted by Gasteiger charge is 2.38. The summed E-state index contributed by atoms with van der Waals surface area (Å²) in [5, 5.41) is 3.48. The van der Waals surface area contributed by atoms with Crippen LogP contribution >= 0.6 is 0 Å². The standard InChI is InChI=1S/C21H33N5O/c1-2-10-24-11-13-25(14-12-24)18-8-3-4-9-19(18)26-15-23-17-7-5-6-16(20(17)26)21(22)27/h5-7,18-19,23H,2-4,8-15H2,1H3,(H2,22,27). The number of benzene rings is 1. The van der Waals surface area contributed by atoms with Gasteiger partial charge in [0.2, 0.25) is 0 Å². The van der Waals surface area contributed by atoms with Gasteiger partial charge in [0, 0.05) is 38.3 Å². The number of rotatable bonds is 5. The van der Waals surface area contributed by atoms with Gasteiger partial charge in [0.25, 0.3) is 5.91 Å². The summed E-state index contributed by atoms with van der Waals surface area (Å²) < 4.78 is 0. The molecule has 1 aliphatic carbocycles. The first-order chi connectivity index (χ1) is 13.2. The Morgan fingerprint density at radius 1 is 1.15 bits per heavy atom. The number of para-hydroxylation sites is 1. The molecule has 1 aromatic carbocycles. The largest absolute Gasteiger partial charge is 0.366 e. The zero-order valence-corrected chi connectivity index (χ0v) is 16.5. The number of carbonyl (C=O) groups excluding carboxylic acids is 1. The van der Waals surface area contributed by atoms with Crippen molar-refractivity contribution in [3.05, 3.63) is 23.8 Å². The maximum atomic E-state index is 12.0. The van der Waals surface area contributed by atoms with Gasteiger partial charge in [0.1, 0.15) is 0 Å². The molecule has 0 bridgehead atoms. The molecule has 6 nitrogen and oxygen atoms in total. The van der Waals surface area contributed by atoms with Crippen molar-refractivity contribution in [1.29, 1.82) is 0 Å². The predicted molar refractivity (Wildman–Crippen MR) is 110 cm³/mol. The van der Waals surface area contributed by atoms with E-state index in [-0.39, 0.29) is 5.91 Å². The Hall–Kier alpha value is -1.79. The van der Waals surface area contributed by atoms with E-state index in [9.17, 15) is 4.79 Å². The normalized spacial score (nSPS) is 26.6. The highest BCUT2D eigenvalue weighted by Crippen LogP contribution is 2.40. The fourth-order valence-corrected chi connectivity index (χ4v) is 5.24. The lowest BCUT2D eigenvalue weighted by atomic mass is 9.87. The number of carbonyl (C=O) groups is 1. The second-order valence-electron chi connectivity index (χ2n) is 8.17. The van der Waals surface area contributed by atoms with Crippen LogP contribution in [0, 0.1) is 0 Å². The van der Waals surface area contributed by atoms with Crippen molar-refractivity contribution in [2.75, 3.05) is 49.6 Å². The minimum Gasteiger partial charge on any atom is -0.366 e. The Bertz CT molecular complexity index is 671. The Morgan fingerprint density at radius 3 is 2.59 bits per heavy atom. The van der Waals surface area contributed by atoms with Crippen LogP contribution in [-0.2, 0) is 0 Å². The van der Waals surface area contributed by atoms with E-state index in [0.29, 0.717) is 17.6 Å². The number of anilines is 2. The van der Waals surface area contributed by atoms with Gasteiger partial charge in [0.15, 0.2) is 0 Å². The van der Waals surface area contributed by atoms with Crippen molar-refractivity contribution in [2.45, 2.75) is 51.1 Å². The molecule has 2 atom stereocenters. The molecule has 3 N–H and O–H groups in total. The Kier molecular flexibility index (Phi) is 5.55. The third kappa shape index (κ3) is 3.65. The Balaban J connectivity index is 1.54. The summed E-state index contributed by atoms with van der Waals surface area (Å²) in [4.78, 5) is 19.7. The van der Waals surface area contributed by atoms with Crippen molar-refractivity contribution < 1.29 is 4.79 Å². The highest BCUT2D eigenvalue weighted by atomic mass is 16.1. The maximum absolute atomic E-state index is 12.0. The number of fused-ring (bicyclic) bond motifs is 1. The van der Waals surface area contributed by atoms with Crippen LogP contribution in [0.1, 0.15) is 49.4 Å². The van der Waals surface area contributed by atoms with Crippen molar-refractivity contribution in [2.24, 2.45) is 5.73 Å². The van der Waals surface area contributed by atoms with Crippen molar-refractivity contribution in [3.63, 3.8) is 0 Å². The van der Waals surface area contributed by atoms with Crippen LogP contribution in [-0.4, -0.2) is 67.2 Å². The fraction of sp³-hybridized carbons (Fsp3) is 0.667. The van der Waals surface area contributed by atoms with Crippen LogP contribution in [0.5, 0.6) is 0 Å².